The van der Waals surface area contributed by atoms with E-state index in [1.54, 1.807) is 23.0 Å². The minimum absolute atomic E-state index is 0.238. The molecule has 2 amide bonds. The van der Waals surface area contributed by atoms with E-state index < -0.39 is 0 Å². The van der Waals surface area contributed by atoms with Crippen molar-refractivity contribution in [3.05, 3.63) is 72.6 Å². The van der Waals surface area contributed by atoms with Crippen LogP contribution in [0.15, 0.2) is 61.1 Å². The first-order chi connectivity index (χ1) is 11.7. The Hall–Kier alpha value is -3.09. The first-order valence-electron chi connectivity index (χ1n) is 7.64. The number of hydrogen-bond acceptors (Lipinski definition) is 2. The third-order valence-corrected chi connectivity index (χ3v) is 3.49. The van der Waals surface area contributed by atoms with Gasteiger partial charge < -0.3 is 15.2 Å². The van der Waals surface area contributed by atoms with E-state index in [0.29, 0.717) is 13.1 Å². The number of halogens is 1. The van der Waals surface area contributed by atoms with Crippen LogP contribution in [0, 0.1) is 5.82 Å². The number of rotatable bonds is 6. The number of benzene rings is 1. The average molecular weight is 327 g/mol. The van der Waals surface area contributed by atoms with Crippen LogP contribution in [0.25, 0.3) is 5.69 Å². The van der Waals surface area contributed by atoms with Crippen LogP contribution < -0.4 is 10.6 Å². The third kappa shape index (κ3) is 4.22. The average Bonchev–Trinajstić information content (AvgIpc) is 3.25. The summed E-state index contributed by atoms with van der Waals surface area (Å²) < 4.78 is 16.6. The molecule has 124 valence electrons. The summed E-state index contributed by atoms with van der Waals surface area (Å²) >= 11 is 0. The number of urea groups is 1. The molecule has 0 aliphatic heterocycles. The highest BCUT2D eigenvalue weighted by atomic mass is 19.1. The summed E-state index contributed by atoms with van der Waals surface area (Å²) in [7, 11) is 0. The fourth-order valence-corrected chi connectivity index (χ4v) is 2.24. The van der Waals surface area contributed by atoms with Crippen molar-refractivity contribution in [3.8, 4) is 5.69 Å². The predicted molar refractivity (Wildman–Crippen MR) is 88.2 cm³/mol. The standard InChI is InChI=1S/C17H18FN5O/c18-14-3-5-16(6-4-14)23-11-7-15(21-23)13-20-17(24)19-8-12-22-9-1-2-10-22/h1-7,9-11H,8,12-13H2,(H2,19,20,24). The summed E-state index contributed by atoms with van der Waals surface area (Å²) in [6.45, 7) is 1.59. The van der Waals surface area contributed by atoms with Crippen molar-refractivity contribution in [2.24, 2.45) is 0 Å². The highest BCUT2D eigenvalue weighted by Crippen LogP contribution is 2.08. The molecule has 0 saturated carbocycles. The second kappa shape index (κ2) is 7.45. The van der Waals surface area contributed by atoms with Crippen LogP contribution in [0.3, 0.4) is 0 Å². The predicted octanol–water partition coefficient (Wildman–Crippen LogP) is 2.31. The topological polar surface area (TPSA) is 63.9 Å². The smallest absolute Gasteiger partial charge is 0.315 e. The lowest BCUT2D eigenvalue weighted by atomic mass is 10.3. The van der Waals surface area contributed by atoms with Crippen molar-refractivity contribution >= 4 is 6.03 Å². The number of carbonyl (C=O) groups is 1. The first-order valence-corrected chi connectivity index (χ1v) is 7.64. The largest absolute Gasteiger partial charge is 0.353 e. The second-order valence-electron chi connectivity index (χ2n) is 5.26. The van der Waals surface area contributed by atoms with Crippen LogP contribution in [0.4, 0.5) is 9.18 Å². The van der Waals surface area contributed by atoms with Gasteiger partial charge in [0.25, 0.3) is 0 Å². The molecule has 24 heavy (non-hydrogen) atoms. The zero-order valence-corrected chi connectivity index (χ0v) is 13.0. The van der Waals surface area contributed by atoms with Gasteiger partial charge in [-0.2, -0.15) is 5.10 Å². The van der Waals surface area contributed by atoms with Crippen LogP contribution in [-0.4, -0.2) is 26.9 Å². The molecule has 0 radical (unpaired) electrons. The Morgan fingerprint density at radius 2 is 1.79 bits per heavy atom. The van der Waals surface area contributed by atoms with E-state index in [9.17, 15) is 9.18 Å². The third-order valence-electron chi connectivity index (χ3n) is 3.49. The summed E-state index contributed by atoms with van der Waals surface area (Å²) in [6, 6.07) is 11.5. The highest BCUT2D eigenvalue weighted by Gasteiger charge is 2.04. The minimum atomic E-state index is -0.288. The van der Waals surface area contributed by atoms with Crippen LogP contribution in [0.1, 0.15) is 5.69 Å². The van der Waals surface area contributed by atoms with Crippen molar-refractivity contribution in [1.29, 1.82) is 0 Å². The summed E-state index contributed by atoms with van der Waals surface area (Å²) in [5.41, 5.74) is 1.48. The lowest BCUT2D eigenvalue weighted by Crippen LogP contribution is -2.36. The van der Waals surface area contributed by atoms with Gasteiger partial charge in [0.05, 0.1) is 17.9 Å². The van der Waals surface area contributed by atoms with Gasteiger partial charge in [-0.3, -0.25) is 0 Å². The number of carbonyl (C=O) groups excluding carboxylic acids is 1. The minimum Gasteiger partial charge on any atom is -0.353 e. The lowest BCUT2D eigenvalue weighted by Gasteiger charge is -2.07. The van der Waals surface area contributed by atoms with E-state index in [1.165, 1.54) is 12.1 Å². The molecule has 0 bridgehead atoms. The quantitative estimate of drug-likeness (QED) is 0.730. The van der Waals surface area contributed by atoms with Gasteiger partial charge in [0.1, 0.15) is 5.82 Å². The molecular formula is C17H18FN5O. The Balaban J connectivity index is 1.44. The van der Waals surface area contributed by atoms with Gasteiger partial charge in [0.15, 0.2) is 0 Å². The molecule has 0 fully saturated rings. The summed E-state index contributed by atoms with van der Waals surface area (Å²) in [6.07, 6.45) is 5.66. The van der Waals surface area contributed by atoms with E-state index in [1.807, 2.05) is 35.2 Å². The van der Waals surface area contributed by atoms with Crippen LogP contribution in [0.5, 0.6) is 0 Å². The fraction of sp³-hybridized carbons (Fsp3) is 0.176. The van der Waals surface area contributed by atoms with Crippen molar-refractivity contribution in [3.63, 3.8) is 0 Å². The number of nitrogens with one attached hydrogen (secondary N) is 2. The van der Waals surface area contributed by atoms with Gasteiger partial charge in [-0.1, -0.05) is 0 Å². The van der Waals surface area contributed by atoms with Gasteiger partial charge in [0.2, 0.25) is 0 Å². The molecule has 6 nitrogen and oxygen atoms in total. The van der Waals surface area contributed by atoms with Gasteiger partial charge in [0, 0.05) is 31.7 Å². The van der Waals surface area contributed by atoms with E-state index in [-0.39, 0.29) is 11.8 Å². The molecule has 0 aliphatic carbocycles. The Labute approximate surface area is 138 Å². The van der Waals surface area contributed by atoms with Crippen molar-refractivity contribution in [2.75, 3.05) is 6.54 Å². The Morgan fingerprint density at radius 1 is 1.04 bits per heavy atom. The molecule has 7 heteroatoms. The van der Waals surface area contributed by atoms with E-state index in [0.717, 1.165) is 17.9 Å². The molecule has 1 aromatic carbocycles. The zero-order chi connectivity index (χ0) is 16.8. The molecular weight excluding hydrogens is 309 g/mol. The maximum absolute atomic E-state index is 12.9. The van der Waals surface area contributed by atoms with E-state index >= 15 is 0 Å². The van der Waals surface area contributed by atoms with Crippen LogP contribution in [0.2, 0.25) is 0 Å². The summed E-state index contributed by atoms with van der Waals surface area (Å²) in [5.74, 6) is -0.288. The molecule has 3 aromatic rings. The van der Waals surface area contributed by atoms with Crippen molar-refractivity contribution < 1.29 is 9.18 Å². The number of hydrogen-bond donors (Lipinski definition) is 2. The van der Waals surface area contributed by atoms with Gasteiger partial charge in [-0.15, -0.1) is 0 Å². The number of aromatic nitrogens is 3. The molecule has 0 unspecified atom stereocenters. The number of amides is 2. The Morgan fingerprint density at radius 3 is 2.54 bits per heavy atom. The monoisotopic (exact) mass is 327 g/mol. The van der Waals surface area contributed by atoms with Gasteiger partial charge in [-0.25, -0.2) is 13.9 Å². The van der Waals surface area contributed by atoms with Crippen LogP contribution in [-0.2, 0) is 13.1 Å². The Bertz CT molecular complexity index is 780. The second-order valence-corrected chi connectivity index (χ2v) is 5.26. The first kappa shape index (κ1) is 15.8. The molecule has 2 heterocycles. The SMILES string of the molecule is O=C(NCCn1cccc1)NCc1ccn(-c2ccc(F)cc2)n1. The normalized spacial score (nSPS) is 10.5. The van der Waals surface area contributed by atoms with Crippen LogP contribution >= 0.6 is 0 Å². The van der Waals surface area contributed by atoms with Gasteiger partial charge >= 0.3 is 6.03 Å². The Kier molecular flexibility index (Phi) is 4.90. The number of nitrogens with zero attached hydrogens (tertiary/aromatic N) is 3. The summed E-state index contributed by atoms with van der Waals surface area (Å²) in [4.78, 5) is 11.8. The van der Waals surface area contributed by atoms with Crippen molar-refractivity contribution in [2.45, 2.75) is 13.1 Å². The molecule has 0 spiro atoms. The molecule has 3 rings (SSSR count). The molecule has 0 saturated heterocycles. The maximum atomic E-state index is 12.9. The molecule has 0 aliphatic rings. The molecule has 0 atom stereocenters. The highest BCUT2D eigenvalue weighted by molar-refractivity contribution is 5.73. The van der Waals surface area contributed by atoms with E-state index in [4.69, 9.17) is 0 Å². The summed E-state index contributed by atoms with van der Waals surface area (Å²) in [5, 5.41) is 9.90. The van der Waals surface area contributed by atoms with E-state index in [2.05, 4.69) is 15.7 Å². The van der Waals surface area contributed by atoms with Gasteiger partial charge in [-0.05, 0) is 42.5 Å². The lowest BCUT2D eigenvalue weighted by molar-refractivity contribution is 0.240. The maximum Gasteiger partial charge on any atom is 0.315 e. The zero-order valence-electron chi connectivity index (χ0n) is 13.0. The molecule has 2 aromatic heterocycles. The molecule has 2 N–H and O–H groups in total. The van der Waals surface area contributed by atoms with Crippen molar-refractivity contribution in [1.82, 2.24) is 25.0 Å². The fourth-order valence-electron chi connectivity index (χ4n) is 2.24.